The molecular weight excluding hydrogens is 540 g/mol. The van der Waals surface area contributed by atoms with Crippen LogP contribution in [0.5, 0.6) is 11.5 Å². The average molecular weight is 577 g/mol. The van der Waals surface area contributed by atoms with Crippen LogP contribution in [0.1, 0.15) is 38.8 Å². The molecule has 1 fully saturated rings. The number of hydrogen-bond acceptors (Lipinski definition) is 8. The molecular formula is C31H36N4O5S. The highest BCUT2D eigenvalue weighted by molar-refractivity contribution is 7.12. The maximum Gasteiger partial charge on any atom is 0.264 e. The Hall–Kier alpha value is -3.73. The number of nitrogens with zero attached hydrogens (tertiary/aromatic N) is 4. The third kappa shape index (κ3) is 6.78. The number of morpholine rings is 1. The summed E-state index contributed by atoms with van der Waals surface area (Å²) in [6.07, 6.45) is 0.518. The van der Waals surface area contributed by atoms with Crippen LogP contribution in [-0.4, -0.2) is 92.5 Å². The first-order valence-electron chi connectivity index (χ1n) is 13.8. The summed E-state index contributed by atoms with van der Waals surface area (Å²) in [7, 11) is 3.22. The molecule has 1 aromatic heterocycles. The molecule has 2 aliphatic rings. The zero-order chi connectivity index (χ0) is 28.8. The molecule has 5 rings (SSSR count). The lowest BCUT2D eigenvalue weighted by molar-refractivity contribution is -0.133. The topological polar surface area (TPSA) is 83.9 Å². The van der Waals surface area contributed by atoms with Gasteiger partial charge in [0.2, 0.25) is 0 Å². The maximum absolute atomic E-state index is 14.0. The Bertz CT molecular complexity index is 1370. The lowest BCUT2D eigenvalue weighted by atomic mass is 9.97. The van der Waals surface area contributed by atoms with Crippen LogP contribution < -0.4 is 9.47 Å². The molecule has 3 aromatic rings. The molecule has 41 heavy (non-hydrogen) atoms. The fourth-order valence-electron chi connectivity index (χ4n) is 5.12. The third-order valence-electron chi connectivity index (χ3n) is 7.48. The van der Waals surface area contributed by atoms with Gasteiger partial charge < -0.3 is 19.1 Å². The summed E-state index contributed by atoms with van der Waals surface area (Å²) in [5.41, 5.74) is 3.67. The van der Waals surface area contributed by atoms with Crippen LogP contribution in [0, 0.1) is 6.92 Å². The molecule has 2 aromatic carbocycles. The predicted molar refractivity (Wildman–Crippen MR) is 159 cm³/mol. The van der Waals surface area contributed by atoms with E-state index >= 15 is 0 Å². The van der Waals surface area contributed by atoms with Crippen molar-refractivity contribution in [3.8, 4) is 11.5 Å². The molecule has 1 atom stereocenters. The summed E-state index contributed by atoms with van der Waals surface area (Å²) in [5.74, 6) is 0.925. The monoisotopic (exact) mass is 576 g/mol. The highest BCUT2D eigenvalue weighted by atomic mass is 32.1. The number of hydrogen-bond donors (Lipinski definition) is 0. The molecule has 0 radical (unpaired) electrons. The standard InChI is InChI=1S/C31H36N4O5S/c1-22-6-8-23(9-7-22)27-20-26(25-11-10-24(38-2)19-28(25)39-3)32-35(27)30(36)21-34(31(37)29-5-4-18-41-29)13-12-33-14-16-40-17-15-33/h4-11,18-19,27H,12-17,20-21H2,1-3H3/t27-/m0/s1. The Morgan fingerprint density at radius 2 is 1.85 bits per heavy atom. The van der Waals surface area contributed by atoms with Crippen molar-refractivity contribution in [1.29, 1.82) is 0 Å². The normalized spacial score (nSPS) is 17.3. The molecule has 1 saturated heterocycles. The Labute approximate surface area is 244 Å². The number of thiophene rings is 1. The Kier molecular flexibility index (Phi) is 9.33. The first-order chi connectivity index (χ1) is 20.0. The molecule has 216 valence electrons. The zero-order valence-electron chi connectivity index (χ0n) is 23.7. The number of ether oxygens (including phenoxy) is 3. The van der Waals surface area contributed by atoms with Crippen molar-refractivity contribution in [2.75, 3.05) is 60.2 Å². The van der Waals surface area contributed by atoms with Crippen molar-refractivity contribution in [3.63, 3.8) is 0 Å². The van der Waals surface area contributed by atoms with Crippen molar-refractivity contribution in [3.05, 3.63) is 81.5 Å². The summed E-state index contributed by atoms with van der Waals surface area (Å²) >= 11 is 1.38. The summed E-state index contributed by atoms with van der Waals surface area (Å²) in [6.45, 7) is 6.06. The minimum absolute atomic E-state index is 0.0695. The minimum atomic E-state index is -0.303. The van der Waals surface area contributed by atoms with E-state index in [1.807, 2.05) is 60.8 Å². The second kappa shape index (κ2) is 13.3. The zero-order valence-corrected chi connectivity index (χ0v) is 24.6. The fourth-order valence-corrected chi connectivity index (χ4v) is 5.81. The van der Waals surface area contributed by atoms with Crippen LogP contribution in [0.25, 0.3) is 0 Å². The van der Waals surface area contributed by atoms with E-state index in [4.69, 9.17) is 19.3 Å². The predicted octanol–water partition coefficient (Wildman–Crippen LogP) is 4.23. The van der Waals surface area contributed by atoms with Gasteiger partial charge >= 0.3 is 0 Å². The summed E-state index contributed by atoms with van der Waals surface area (Å²) in [6, 6.07) is 17.1. The lowest BCUT2D eigenvalue weighted by Crippen LogP contribution is -2.46. The minimum Gasteiger partial charge on any atom is -0.497 e. The second-order valence-corrected chi connectivity index (χ2v) is 11.1. The smallest absolute Gasteiger partial charge is 0.264 e. The van der Waals surface area contributed by atoms with E-state index in [1.54, 1.807) is 30.2 Å². The van der Waals surface area contributed by atoms with Gasteiger partial charge in [-0.25, -0.2) is 5.01 Å². The van der Waals surface area contributed by atoms with Gasteiger partial charge in [0.25, 0.3) is 11.8 Å². The Morgan fingerprint density at radius 1 is 1.07 bits per heavy atom. The number of methoxy groups -OCH3 is 2. The average Bonchev–Trinajstić information content (AvgIpc) is 3.71. The van der Waals surface area contributed by atoms with E-state index in [2.05, 4.69) is 4.90 Å². The molecule has 0 saturated carbocycles. The fraction of sp³-hybridized carbons (Fsp3) is 0.387. The molecule has 0 spiro atoms. The van der Waals surface area contributed by atoms with Gasteiger partial charge in [0.05, 0.1) is 44.1 Å². The van der Waals surface area contributed by atoms with E-state index in [0.29, 0.717) is 49.1 Å². The number of benzene rings is 2. The van der Waals surface area contributed by atoms with E-state index in [9.17, 15) is 9.59 Å². The molecule has 2 aliphatic heterocycles. The van der Waals surface area contributed by atoms with Gasteiger partial charge in [-0.2, -0.15) is 5.10 Å². The van der Waals surface area contributed by atoms with Crippen molar-refractivity contribution >= 4 is 28.9 Å². The Balaban J connectivity index is 1.43. The van der Waals surface area contributed by atoms with E-state index in [1.165, 1.54) is 11.3 Å². The SMILES string of the molecule is COc1ccc(C2=NN(C(=O)CN(CCN3CCOCC3)C(=O)c3cccs3)[C@H](c3ccc(C)cc3)C2)c(OC)c1. The van der Waals surface area contributed by atoms with Gasteiger partial charge in [-0.3, -0.25) is 14.5 Å². The highest BCUT2D eigenvalue weighted by Crippen LogP contribution is 2.36. The number of carbonyl (C=O) groups is 2. The van der Waals surface area contributed by atoms with E-state index in [-0.39, 0.29) is 24.4 Å². The van der Waals surface area contributed by atoms with Gasteiger partial charge in [0, 0.05) is 44.2 Å². The second-order valence-electron chi connectivity index (χ2n) is 10.1. The molecule has 0 bridgehead atoms. The van der Waals surface area contributed by atoms with Gasteiger partial charge in [-0.05, 0) is 36.1 Å². The van der Waals surface area contributed by atoms with Gasteiger partial charge in [0.15, 0.2) is 0 Å². The molecule has 9 nitrogen and oxygen atoms in total. The number of rotatable bonds is 10. The summed E-state index contributed by atoms with van der Waals surface area (Å²) < 4.78 is 16.5. The highest BCUT2D eigenvalue weighted by Gasteiger charge is 2.35. The number of hydrazone groups is 1. The van der Waals surface area contributed by atoms with E-state index < -0.39 is 0 Å². The van der Waals surface area contributed by atoms with Crippen molar-refractivity contribution in [2.24, 2.45) is 5.10 Å². The van der Waals surface area contributed by atoms with Gasteiger partial charge in [-0.1, -0.05) is 35.9 Å². The first-order valence-corrected chi connectivity index (χ1v) is 14.7. The van der Waals surface area contributed by atoms with Crippen LogP contribution in [0.4, 0.5) is 0 Å². The van der Waals surface area contributed by atoms with Crippen LogP contribution in [0.3, 0.4) is 0 Å². The van der Waals surface area contributed by atoms with Crippen LogP contribution in [-0.2, 0) is 9.53 Å². The quantitative estimate of drug-likeness (QED) is 0.359. The summed E-state index contributed by atoms with van der Waals surface area (Å²) in [5, 5.41) is 8.27. The largest absolute Gasteiger partial charge is 0.497 e. The Morgan fingerprint density at radius 3 is 2.54 bits per heavy atom. The lowest BCUT2D eigenvalue weighted by Gasteiger charge is -2.31. The van der Waals surface area contributed by atoms with E-state index in [0.717, 1.165) is 35.5 Å². The summed E-state index contributed by atoms with van der Waals surface area (Å²) in [4.78, 5) is 32.0. The van der Waals surface area contributed by atoms with Crippen molar-refractivity contribution in [1.82, 2.24) is 14.8 Å². The van der Waals surface area contributed by atoms with Crippen molar-refractivity contribution < 1.29 is 23.8 Å². The number of aryl methyl sites for hydroxylation is 1. The molecule has 10 heteroatoms. The molecule has 3 heterocycles. The number of carbonyl (C=O) groups excluding carboxylic acids is 2. The van der Waals surface area contributed by atoms with Gasteiger partial charge in [-0.15, -0.1) is 11.3 Å². The van der Waals surface area contributed by atoms with Crippen LogP contribution in [0.15, 0.2) is 65.1 Å². The van der Waals surface area contributed by atoms with Crippen LogP contribution >= 0.6 is 11.3 Å². The van der Waals surface area contributed by atoms with Crippen molar-refractivity contribution in [2.45, 2.75) is 19.4 Å². The third-order valence-corrected chi connectivity index (χ3v) is 8.34. The molecule has 0 N–H and O–H groups in total. The first kappa shape index (κ1) is 28.8. The number of amides is 2. The molecule has 0 aliphatic carbocycles. The molecule has 0 unspecified atom stereocenters. The molecule has 2 amide bonds. The maximum atomic E-state index is 14.0. The van der Waals surface area contributed by atoms with Crippen LogP contribution in [0.2, 0.25) is 0 Å². The van der Waals surface area contributed by atoms with Gasteiger partial charge in [0.1, 0.15) is 18.0 Å².